The summed E-state index contributed by atoms with van der Waals surface area (Å²) in [6.45, 7) is 6.04. The van der Waals surface area contributed by atoms with Crippen molar-refractivity contribution < 1.29 is 9.59 Å². The second kappa shape index (κ2) is 17.0. The average molecular weight is 787 g/mol. The van der Waals surface area contributed by atoms with E-state index in [1.165, 1.54) is 0 Å². The smallest absolute Gasteiger partial charge is 0.236 e. The van der Waals surface area contributed by atoms with E-state index in [4.69, 9.17) is 11.5 Å². The number of hydrogen-bond donors (Lipinski definition) is 4. The van der Waals surface area contributed by atoms with Crippen molar-refractivity contribution in [3.05, 3.63) is 140 Å². The number of rotatable bonds is 10. The number of aryl methyl sites for hydroxylation is 1. The molecule has 1 atom stereocenters. The molecular formula is C45H46N12O2. The largest absolute Gasteiger partial charge is 0.368 e. The van der Waals surface area contributed by atoms with Crippen molar-refractivity contribution in [2.45, 2.75) is 50.9 Å². The monoisotopic (exact) mass is 786 g/mol. The van der Waals surface area contributed by atoms with Gasteiger partial charge in [-0.2, -0.15) is 5.10 Å². The summed E-state index contributed by atoms with van der Waals surface area (Å²) in [6, 6.07) is 25.1. The van der Waals surface area contributed by atoms with Crippen LogP contribution in [0.1, 0.15) is 51.2 Å². The Kier molecular flexibility index (Phi) is 11.5. The lowest BCUT2D eigenvalue weighted by Gasteiger charge is -2.40. The summed E-state index contributed by atoms with van der Waals surface area (Å²) in [7, 11) is 1.87. The van der Waals surface area contributed by atoms with Gasteiger partial charge in [0, 0.05) is 72.7 Å². The molecule has 1 aliphatic carbocycles. The quantitative estimate of drug-likeness (QED) is 0.109. The molecule has 5 aromatic heterocycles. The van der Waals surface area contributed by atoms with Gasteiger partial charge in [0.15, 0.2) is 0 Å². The molecule has 1 unspecified atom stereocenters. The number of benzene rings is 2. The molecule has 298 valence electrons. The fourth-order valence-corrected chi connectivity index (χ4v) is 7.00. The zero-order valence-electron chi connectivity index (χ0n) is 33.4. The number of pyridine rings is 2. The van der Waals surface area contributed by atoms with Crippen LogP contribution in [-0.2, 0) is 27.5 Å². The standard InChI is InChI=1S/C24H23N7O.C21H23N5O/c1-31-15-19(14-29-31)17-5-8-21(26-11-17)30-22(32)24(9-2-10-24)20-6-3-16(4-7-20)18-12-27-23(25)28-13-18;1-14(2)21(3,19(27)26-18-6-4-5-11-23-18)17-9-7-15(8-10-17)16-12-24-20(22)25-13-16/h3-8,11-15H,2,9-10H2,1H3,(H2,25,27,28)(H,26,30,32);4-14H,1-3H3,(H2,22,24,25)(H,23,26,27). The van der Waals surface area contributed by atoms with Crippen LogP contribution in [-0.4, -0.2) is 51.5 Å². The van der Waals surface area contributed by atoms with Crippen LogP contribution in [0.4, 0.5) is 23.5 Å². The molecule has 1 saturated carbocycles. The van der Waals surface area contributed by atoms with E-state index in [1.807, 2.05) is 107 Å². The Hall–Kier alpha value is -7.35. The summed E-state index contributed by atoms with van der Waals surface area (Å²) in [5, 5.41) is 10.1. The topological polar surface area (TPSA) is 205 Å². The zero-order valence-corrected chi connectivity index (χ0v) is 33.4. The van der Waals surface area contributed by atoms with Crippen LogP contribution in [0.15, 0.2) is 128 Å². The minimum atomic E-state index is -0.701. The molecule has 5 heterocycles. The lowest BCUT2D eigenvalue weighted by molar-refractivity contribution is -0.124. The molecule has 0 bridgehead atoms. The third-order valence-corrected chi connectivity index (χ3v) is 11.2. The lowest BCUT2D eigenvalue weighted by atomic mass is 9.63. The first-order chi connectivity index (χ1) is 28.4. The first kappa shape index (κ1) is 39.9. The third kappa shape index (κ3) is 8.66. The first-order valence-electron chi connectivity index (χ1n) is 19.3. The highest BCUT2D eigenvalue weighted by atomic mass is 16.2. The van der Waals surface area contributed by atoms with E-state index < -0.39 is 10.8 Å². The van der Waals surface area contributed by atoms with E-state index in [0.29, 0.717) is 11.6 Å². The summed E-state index contributed by atoms with van der Waals surface area (Å²) < 4.78 is 1.75. The number of anilines is 4. The SMILES string of the molecule is CC(C)C(C)(C(=O)Nc1ccccn1)c1ccc(-c2cnc(N)nc2)cc1.Cn1cc(-c2ccc(NC(=O)C3(c4ccc(-c5cnc(N)nc5)cc4)CCC3)nc2)cn1. The highest BCUT2D eigenvalue weighted by Crippen LogP contribution is 2.45. The number of nitrogens with one attached hydrogen (secondary N) is 2. The summed E-state index contributed by atoms with van der Waals surface area (Å²) in [5.74, 6) is 1.57. The average Bonchev–Trinajstić information content (AvgIpc) is 3.68. The first-order valence-corrected chi connectivity index (χ1v) is 19.3. The lowest BCUT2D eigenvalue weighted by Crippen LogP contribution is -2.46. The Bertz CT molecular complexity index is 2500. The fourth-order valence-electron chi connectivity index (χ4n) is 7.00. The number of carbonyl (C=O) groups excluding carboxylic acids is 2. The van der Waals surface area contributed by atoms with E-state index in [9.17, 15) is 9.59 Å². The van der Waals surface area contributed by atoms with Gasteiger partial charge in [-0.15, -0.1) is 0 Å². The predicted octanol–water partition coefficient (Wildman–Crippen LogP) is 7.25. The van der Waals surface area contributed by atoms with Crippen molar-refractivity contribution >= 4 is 35.3 Å². The van der Waals surface area contributed by atoms with E-state index in [2.05, 4.69) is 45.6 Å². The number of nitrogens with zero attached hydrogens (tertiary/aromatic N) is 8. The number of aromatic nitrogens is 8. The Balaban J connectivity index is 0.000000182. The normalized spacial score (nSPS) is 13.9. The maximum Gasteiger partial charge on any atom is 0.236 e. The van der Waals surface area contributed by atoms with Gasteiger partial charge in [0.05, 0.1) is 17.0 Å². The molecule has 1 aliphatic rings. The number of carbonyl (C=O) groups is 2. The molecule has 8 rings (SSSR count). The van der Waals surface area contributed by atoms with Crippen molar-refractivity contribution in [3.63, 3.8) is 0 Å². The van der Waals surface area contributed by atoms with Crippen LogP contribution >= 0.6 is 0 Å². The van der Waals surface area contributed by atoms with Crippen molar-refractivity contribution in [1.29, 1.82) is 0 Å². The molecule has 59 heavy (non-hydrogen) atoms. The maximum absolute atomic E-state index is 13.3. The van der Waals surface area contributed by atoms with Gasteiger partial charge in [-0.25, -0.2) is 29.9 Å². The molecular weight excluding hydrogens is 741 g/mol. The Morgan fingerprint density at radius 3 is 1.69 bits per heavy atom. The summed E-state index contributed by atoms with van der Waals surface area (Å²) in [4.78, 5) is 51.1. The van der Waals surface area contributed by atoms with Crippen LogP contribution in [0.3, 0.4) is 0 Å². The van der Waals surface area contributed by atoms with Crippen LogP contribution in [0.5, 0.6) is 0 Å². The van der Waals surface area contributed by atoms with Crippen LogP contribution < -0.4 is 22.1 Å². The van der Waals surface area contributed by atoms with Crippen LogP contribution in [0.25, 0.3) is 33.4 Å². The van der Waals surface area contributed by atoms with Gasteiger partial charge < -0.3 is 22.1 Å². The predicted molar refractivity (Wildman–Crippen MR) is 229 cm³/mol. The number of nitrogen functional groups attached to an aromatic ring is 2. The van der Waals surface area contributed by atoms with E-state index in [-0.39, 0.29) is 29.6 Å². The molecule has 6 N–H and O–H groups in total. The van der Waals surface area contributed by atoms with Gasteiger partial charge in [0.1, 0.15) is 11.6 Å². The number of nitrogens with two attached hydrogens (primary N) is 2. The highest BCUT2D eigenvalue weighted by Gasteiger charge is 2.45. The molecule has 2 amide bonds. The third-order valence-electron chi connectivity index (χ3n) is 11.2. The second-order valence-corrected chi connectivity index (χ2v) is 15.1. The summed E-state index contributed by atoms with van der Waals surface area (Å²) >= 11 is 0. The fraction of sp³-hybridized carbons (Fsp3) is 0.222. The summed E-state index contributed by atoms with van der Waals surface area (Å²) in [5.41, 5.74) is 17.5. The molecule has 14 heteroatoms. The van der Waals surface area contributed by atoms with Crippen molar-refractivity contribution in [2.75, 3.05) is 22.1 Å². The Morgan fingerprint density at radius 2 is 1.22 bits per heavy atom. The van der Waals surface area contributed by atoms with E-state index >= 15 is 0 Å². The van der Waals surface area contributed by atoms with Gasteiger partial charge in [0.2, 0.25) is 23.7 Å². The highest BCUT2D eigenvalue weighted by molar-refractivity contribution is 6.00. The van der Waals surface area contributed by atoms with Crippen molar-refractivity contribution in [1.82, 2.24) is 39.7 Å². The molecule has 2 aromatic carbocycles. The molecule has 0 radical (unpaired) electrons. The van der Waals surface area contributed by atoms with Crippen molar-refractivity contribution in [3.8, 4) is 33.4 Å². The molecule has 0 aliphatic heterocycles. The van der Waals surface area contributed by atoms with E-state index in [0.717, 1.165) is 63.8 Å². The van der Waals surface area contributed by atoms with Gasteiger partial charge in [-0.05, 0) is 72.2 Å². The van der Waals surface area contributed by atoms with Gasteiger partial charge >= 0.3 is 0 Å². The molecule has 7 aromatic rings. The molecule has 14 nitrogen and oxygen atoms in total. The minimum Gasteiger partial charge on any atom is -0.368 e. The van der Waals surface area contributed by atoms with E-state index in [1.54, 1.807) is 54.1 Å². The van der Waals surface area contributed by atoms with Gasteiger partial charge in [-0.1, -0.05) is 74.9 Å². The Labute approximate surface area is 342 Å². The van der Waals surface area contributed by atoms with Crippen LogP contribution in [0, 0.1) is 5.92 Å². The zero-order chi connectivity index (χ0) is 41.6. The summed E-state index contributed by atoms with van der Waals surface area (Å²) in [6.07, 6.45) is 16.6. The maximum atomic E-state index is 13.3. The molecule has 0 saturated heterocycles. The van der Waals surface area contributed by atoms with Gasteiger partial charge in [0.25, 0.3) is 0 Å². The Morgan fingerprint density at radius 1 is 0.661 bits per heavy atom. The van der Waals surface area contributed by atoms with Gasteiger partial charge in [-0.3, -0.25) is 14.3 Å². The minimum absolute atomic E-state index is 0.0195. The number of hydrogen-bond acceptors (Lipinski definition) is 11. The van der Waals surface area contributed by atoms with Crippen LogP contribution in [0.2, 0.25) is 0 Å². The molecule has 1 fully saturated rings. The molecule has 0 spiro atoms. The second-order valence-electron chi connectivity index (χ2n) is 15.1. The van der Waals surface area contributed by atoms with Crippen molar-refractivity contribution in [2.24, 2.45) is 13.0 Å². The number of amides is 2.